The number of urea groups is 1. The average molecular weight is 377 g/mol. The van der Waals surface area contributed by atoms with E-state index in [-0.39, 0.29) is 24.1 Å². The molecule has 150 valence electrons. The Morgan fingerprint density at radius 1 is 1.30 bits per heavy atom. The van der Waals surface area contributed by atoms with Crippen LogP contribution in [0, 0.1) is 30.1 Å². The molecule has 27 heavy (non-hydrogen) atoms. The van der Waals surface area contributed by atoms with E-state index in [1.807, 2.05) is 11.8 Å². The summed E-state index contributed by atoms with van der Waals surface area (Å²) in [6.45, 7) is 4.86. The SMILES string of the molecule is CC[C@H](NC(=O)N(CCO)CC12CC3CC(CC(C3)C1)C2)c1nc(C)no1. The molecule has 4 aliphatic rings. The molecule has 2 amide bonds. The molecule has 2 N–H and O–H groups in total. The van der Waals surface area contributed by atoms with Gasteiger partial charge >= 0.3 is 6.03 Å². The van der Waals surface area contributed by atoms with Crippen LogP contribution in [0.2, 0.25) is 0 Å². The molecule has 1 atom stereocenters. The smallest absolute Gasteiger partial charge is 0.318 e. The fourth-order valence-electron chi connectivity index (χ4n) is 6.30. The van der Waals surface area contributed by atoms with Crippen molar-refractivity contribution in [2.45, 2.75) is 64.8 Å². The molecular formula is C20H32N4O3. The lowest BCUT2D eigenvalue weighted by Gasteiger charge is -2.57. The monoisotopic (exact) mass is 376 g/mol. The molecule has 4 aliphatic carbocycles. The van der Waals surface area contributed by atoms with Gasteiger partial charge in [0.1, 0.15) is 6.04 Å². The van der Waals surface area contributed by atoms with E-state index < -0.39 is 0 Å². The summed E-state index contributed by atoms with van der Waals surface area (Å²) < 4.78 is 5.25. The summed E-state index contributed by atoms with van der Waals surface area (Å²) in [4.78, 5) is 19.1. The van der Waals surface area contributed by atoms with Crippen molar-refractivity contribution in [3.05, 3.63) is 11.7 Å². The van der Waals surface area contributed by atoms with Gasteiger partial charge in [0.25, 0.3) is 0 Å². The Morgan fingerprint density at radius 3 is 2.41 bits per heavy atom. The van der Waals surface area contributed by atoms with Crippen LogP contribution in [0.25, 0.3) is 0 Å². The predicted molar refractivity (Wildman–Crippen MR) is 99.9 cm³/mol. The Morgan fingerprint density at radius 2 is 1.93 bits per heavy atom. The maximum atomic E-state index is 13.0. The quantitative estimate of drug-likeness (QED) is 0.763. The number of hydrogen-bond donors (Lipinski definition) is 2. The number of carbonyl (C=O) groups is 1. The van der Waals surface area contributed by atoms with Crippen LogP contribution in [-0.4, -0.2) is 45.9 Å². The van der Waals surface area contributed by atoms with E-state index in [9.17, 15) is 9.90 Å². The zero-order valence-electron chi connectivity index (χ0n) is 16.5. The Kier molecular flexibility index (Phi) is 5.14. The maximum absolute atomic E-state index is 13.0. The summed E-state index contributed by atoms with van der Waals surface area (Å²) in [5.74, 6) is 3.56. The topological polar surface area (TPSA) is 91.5 Å². The number of rotatable bonds is 7. The van der Waals surface area contributed by atoms with Crippen LogP contribution in [0.3, 0.4) is 0 Å². The molecule has 7 heteroatoms. The van der Waals surface area contributed by atoms with Crippen LogP contribution in [0.1, 0.15) is 69.6 Å². The van der Waals surface area contributed by atoms with Gasteiger partial charge in [-0.15, -0.1) is 0 Å². The first-order valence-corrected chi connectivity index (χ1v) is 10.5. The second-order valence-corrected chi connectivity index (χ2v) is 9.15. The summed E-state index contributed by atoms with van der Waals surface area (Å²) in [5.41, 5.74) is 0.254. The van der Waals surface area contributed by atoms with E-state index in [1.165, 1.54) is 38.5 Å². The van der Waals surface area contributed by atoms with Gasteiger partial charge in [-0.2, -0.15) is 4.98 Å². The van der Waals surface area contributed by atoms with Crippen molar-refractivity contribution in [2.24, 2.45) is 23.2 Å². The number of aliphatic hydroxyl groups excluding tert-OH is 1. The number of aromatic nitrogens is 2. The molecule has 0 unspecified atom stereocenters. The Hall–Kier alpha value is -1.63. The molecule has 0 aliphatic heterocycles. The largest absolute Gasteiger partial charge is 0.395 e. The van der Waals surface area contributed by atoms with Crippen LogP contribution >= 0.6 is 0 Å². The van der Waals surface area contributed by atoms with Crippen molar-refractivity contribution >= 4 is 6.03 Å². The zero-order valence-corrected chi connectivity index (χ0v) is 16.5. The molecule has 4 saturated carbocycles. The van der Waals surface area contributed by atoms with Gasteiger partial charge in [0.15, 0.2) is 5.82 Å². The third-order valence-corrected chi connectivity index (χ3v) is 6.90. The normalized spacial score (nSPS) is 32.5. The first-order chi connectivity index (χ1) is 13.0. The minimum Gasteiger partial charge on any atom is -0.395 e. The number of nitrogens with one attached hydrogen (secondary N) is 1. The molecule has 0 spiro atoms. The first-order valence-electron chi connectivity index (χ1n) is 10.5. The number of aryl methyl sites for hydroxylation is 1. The predicted octanol–water partition coefficient (Wildman–Crippen LogP) is 3.05. The lowest BCUT2D eigenvalue weighted by molar-refractivity contribution is -0.0648. The Bertz CT molecular complexity index is 639. The molecule has 7 nitrogen and oxygen atoms in total. The van der Waals surface area contributed by atoms with Gasteiger partial charge in [-0.05, 0) is 75.0 Å². The van der Waals surface area contributed by atoms with Crippen molar-refractivity contribution in [1.82, 2.24) is 20.4 Å². The highest BCUT2D eigenvalue weighted by Gasteiger charge is 2.51. The van der Waals surface area contributed by atoms with Crippen LogP contribution in [0.4, 0.5) is 4.79 Å². The second kappa shape index (κ2) is 7.41. The van der Waals surface area contributed by atoms with Crippen molar-refractivity contribution in [2.75, 3.05) is 19.7 Å². The fraction of sp³-hybridized carbons (Fsp3) is 0.850. The molecule has 5 rings (SSSR count). The van der Waals surface area contributed by atoms with E-state index in [4.69, 9.17) is 4.52 Å². The molecule has 1 aromatic heterocycles. The third kappa shape index (κ3) is 3.84. The minimum absolute atomic E-state index is 0.0176. The van der Waals surface area contributed by atoms with Gasteiger partial charge in [-0.3, -0.25) is 0 Å². The highest BCUT2D eigenvalue weighted by molar-refractivity contribution is 5.74. The minimum atomic E-state index is -0.295. The van der Waals surface area contributed by atoms with Crippen LogP contribution < -0.4 is 5.32 Å². The molecule has 1 heterocycles. The lowest BCUT2D eigenvalue weighted by atomic mass is 9.49. The van der Waals surface area contributed by atoms with Gasteiger partial charge < -0.3 is 19.8 Å². The summed E-state index contributed by atoms with van der Waals surface area (Å²) in [6.07, 6.45) is 8.58. The lowest BCUT2D eigenvalue weighted by Crippen LogP contribution is -2.54. The average Bonchev–Trinajstić information content (AvgIpc) is 3.04. The molecule has 1 aromatic rings. The van der Waals surface area contributed by atoms with Crippen molar-refractivity contribution < 1.29 is 14.4 Å². The molecule has 0 radical (unpaired) electrons. The van der Waals surface area contributed by atoms with Crippen molar-refractivity contribution in [1.29, 1.82) is 0 Å². The summed E-state index contributed by atoms with van der Waals surface area (Å²) in [6, 6.07) is -0.432. The van der Waals surface area contributed by atoms with Gasteiger partial charge in [-0.1, -0.05) is 12.1 Å². The van der Waals surface area contributed by atoms with E-state index in [1.54, 1.807) is 6.92 Å². The summed E-state index contributed by atoms with van der Waals surface area (Å²) in [5, 5.41) is 16.4. The molecule has 0 aromatic carbocycles. The van der Waals surface area contributed by atoms with E-state index in [2.05, 4.69) is 15.5 Å². The summed E-state index contributed by atoms with van der Waals surface area (Å²) in [7, 11) is 0. The van der Waals surface area contributed by atoms with Crippen LogP contribution in [0.5, 0.6) is 0 Å². The molecule has 4 fully saturated rings. The van der Waals surface area contributed by atoms with Crippen molar-refractivity contribution in [3.8, 4) is 0 Å². The first kappa shape index (κ1) is 18.7. The highest BCUT2D eigenvalue weighted by Crippen LogP contribution is 2.60. The number of nitrogens with zero attached hydrogens (tertiary/aromatic N) is 3. The summed E-state index contributed by atoms with van der Waals surface area (Å²) >= 11 is 0. The van der Waals surface area contributed by atoms with Crippen molar-refractivity contribution in [3.63, 3.8) is 0 Å². The van der Waals surface area contributed by atoms with Crippen LogP contribution in [-0.2, 0) is 0 Å². The van der Waals surface area contributed by atoms with Gasteiger partial charge in [0.05, 0.1) is 6.61 Å². The number of aliphatic hydroxyl groups is 1. The molecule has 0 saturated heterocycles. The number of carbonyl (C=O) groups excluding carboxylic acids is 1. The molecular weight excluding hydrogens is 344 g/mol. The number of hydrogen-bond acceptors (Lipinski definition) is 5. The Balaban J connectivity index is 1.45. The third-order valence-electron chi connectivity index (χ3n) is 6.90. The zero-order chi connectivity index (χ0) is 19.0. The van der Waals surface area contributed by atoms with Gasteiger partial charge in [-0.25, -0.2) is 4.79 Å². The van der Waals surface area contributed by atoms with E-state index >= 15 is 0 Å². The van der Waals surface area contributed by atoms with Crippen LogP contribution in [0.15, 0.2) is 4.52 Å². The number of amides is 2. The van der Waals surface area contributed by atoms with E-state index in [0.717, 1.165) is 24.3 Å². The molecule has 4 bridgehead atoms. The standard InChI is InChI=1S/C20H32N4O3/c1-3-17(18-21-13(2)23-27-18)22-19(26)24(4-5-25)12-20-9-14-6-15(10-20)8-16(7-14)11-20/h14-17,25H,3-12H2,1-2H3,(H,22,26)/t14?,15?,16?,17-,20?/m0/s1. The second-order valence-electron chi connectivity index (χ2n) is 9.15. The van der Waals surface area contributed by atoms with E-state index in [0.29, 0.717) is 24.7 Å². The van der Waals surface area contributed by atoms with Gasteiger partial charge in [0, 0.05) is 13.1 Å². The maximum Gasteiger partial charge on any atom is 0.318 e. The highest BCUT2D eigenvalue weighted by atomic mass is 16.5. The fourth-order valence-corrected chi connectivity index (χ4v) is 6.30. The Labute approximate surface area is 160 Å². The van der Waals surface area contributed by atoms with Gasteiger partial charge in [0.2, 0.25) is 5.89 Å².